The number of likely N-dealkylation sites (tertiary alicyclic amines) is 1. The van der Waals surface area contributed by atoms with Crippen LogP contribution < -0.4 is 5.32 Å². The molecule has 8 nitrogen and oxygen atoms in total. The number of carbonyl (C=O) groups excluding carboxylic acids is 2. The van der Waals surface area contributed by atoms with E-state index >= 15 is 0 Å². The maximum atomic E-state index is 12.9. The van der Waals surface area contributed by atoms with Crippen LogP contribution in [-0.2, 0) is 22.6 Å². The van der Waals surface area contributed by atoms with Gasteiger partial charge in [0.2, 0.25) is 5.91 Å². The molecule has 1 saturated heterocycles. The molecule has 0 saturated carbocycles. The summed E-state index contributed by atoms with van der Waals surface area (Å²) in [5, 5.41) is 14.3. The van der Waals surface area contributed by atoms with E-state index in [1.54, 1.807) is 36.4 Å². The van der Waals surface area contributed by atoms with Gasteiger partial charge in [-0.05, 0) is 36.8 Å². The van der Waals surface area contributed by atoms with E-state index in [2.05, 4.69) is 15.3 Å². The third-order valence-corrected chi connectivity index (χ3v) is 6.25. The maximum absolute atomic E-state index is 12.9. The number of H-pyrrole nitrogens is 1. The van der Waals surface area contributed by atoms with Crippen LogP contribution >= 0.6 is 23.2 Å². The Morgan fingerprint density at radius 1 is 1.28 bits per heavy atom. The molecule has 1 amide bonds. The second-order valence-electron chi connectivity index (χ2n) is 7.60. The number of nitrogens with zero attached hydrogens (tertiary/aromatic N) is 2. The van der Waals surface area contributed by atoms with Crippen molar-refractivity contribution in [2.24, 2.45) is 0 Å². The third-order valence-electron chi connectivity index (χ3n) is 5.54. The molecule has 10 heteroatoms. The molecule has 2 heterocycles. The number of aromatic nitrogens is 2. The van der Waals surface area contributed by atoms with E-state index in [4.69, 9.17) is 27.9 Å². The lowest BCUT2D eigenvalue weighted by molar-refractivity contribution is -0.128. The molecule has 0 radical (unpaired) electrons. The Balaban J connectivity index is 1.45. The molecule has 2 atom stereocenters. The summed E-state index contributed by atoms with van der Waals surface area (Å²) >= 11 is 12.6. The molecule has 0 spiro atoms. The van der Waals surface area contributed by atoms with Crippen LogP contribution in [0, 0.1) is 0 Å². The molecule has 168 valence electrons. The van der Waals surface area contributed by atoms with Crippen LogP contribution in [0.5, 0.6) is 0 Å². The van der Waals surface area contributed by atoms with Crippen molar-refractivity contribution >= 4 is 46.1 Å². The molecule has 3 N–H and O–H groups in total. The monoisotopic (exact) mass is 476 g/mol. The van der Waals surface area contributed by atoms with E-state index in [0.717, 1.165) is 5.56 Å². The van der Waals surface area contributed by atoms with Crippen molar-refractivity contribution in [2.45, 2.75) is 31.7 Å². The average Bonchev–Trinajstić information content (AvgIpc) is 3.36. The maximum Gasteiger partial charge on any atom is 0.337 e. The third kappa shape index (κ3) is 4.59. The number of hydrogen-bond acceptors (Lipinski definition) is 6. The van der Waals surface area contributed by atoms with E-state index in [0.29, 0.717) is 52.0 Å². The van der Waals surface area contributed by atoms with E-state index in [-0.39, 0.29) is 12.5 Å². The smallest absolute Gasteiger partial charge is 0.337 e. The lowest BCUT2D eigenvalue weighted by atomic mass is 10.1. The number of imidazole rings is 1. The van der Waals surface area contributed by atoms with Gasteiger partial charge in [0.1, 0.15) is 11.9 Å². The summed E-state index contributed by atoms with van der Waals surface area (Å²) in [7, 11) is 1.32. The first-order valence-corrected chi connectivity index (χ1v) is 10.8. The van der Waals surface area contributed by atoms with Crippen LogP contribution in [-0.4, -0.2) is 57.7 Å². The van der Waals surface area contributed by atoms with Gasteiger partial charge in [0.25, 0.3) is 0 Å². The lowest BCUT2D eigenvalue weighted by Gasteiger charge is -2.26. The number of methoxy groups -OCH3 is 1. The predicted octanol–water partition coefficient (Wildman–Crippen LogP) is 2.91. The summed E-state index contributed by atoms with van der Waals surface area (Å²) in [6.07, 6.45) is -0.323. The molecule has 0 bridgehead atoms. The van der Waals surface area contributed by atoms with E-state index in [1.807, 2.05) is 4.90 Å². The number of aliphatic hydroxyl groups excluding tert-OH is 1. The summed E-state index contributed by atoms with van der Waals surface area (Å²) in [4.78, 5) is 34.0. The Kier molecular flexibility index (Phi) is 6.66. The Morgan fingerprint density at radius 3 is 2.75 bits per heavy atom. The number of aliphatic hydroxyl groups is 1. The topological polar surface area (TPSA) is 108 Å². The van der Waals surface area contributed by atoms with Gasteiger partial charge in [-0.1, -0.05) is 29.3 Å². The Hall–Kier alpha value is -2.65. The van der Waals surface area contributed by atoms with E-state index in [1.165, 1.54) is 7.11 Å². The van der Waals surface area contributed by atoms with Gasteiger partial charge < -0.3 is 20.1 Å². The molecule has 3 aromatic rings. The molecular weight excluding hydrogens is 455 g/mol. The molecule has 0 aliphatic carbocycles. The highest BCUT2D eigenvalue weighted by molar-refractivity contribution is 6.36. The minimum Gasteiger partial charge on any atom is -0.465 e. The van der Waals surface area contributed by atoms with Crippen molar-refractivity contribution < 1.29 is 19.4 Å². The number of benzene rings is 2. The van der Waals surface area contributed by atoms with Crippen LogP contribution in [0.2, 0.25) is 10.0 Å². The number of fused-ring (bicyclic) bond motifs is 1. The Bertz CT molecular complexity index is 1150. The highest BCUT2D eigenvalue weighted by atomic mass is 35.5. The van der Waals surface area contributed by atoms with Gasteiger partial charge in [0.05, 0.1) is 36.4 Å². The minimum atomic E-state index is -0.797. The molecule has 1 aliphatic heterocycles. The molecule has 32 heavy (non-hydrogen) atoms. The molecular formula is C22H22Cl2N4O4. The summed E-state index contributed by atoms with van der Waals surface area (Å²) in [6.45, 7) is 1.04. The van der Waals surface area contributed by atoms with Crippen molar-refractivity contribution in [1.82, 2.24) is 20.2 Å². The SMILES string of the molecule is COC(=O)c1ccc2nc(CNC(=O)[C@@H]3[C@@H](O)CCN3Cc3c(Cl)cccc3Cl)[nH]c2c1. The summed E-state index contributed by atoms with van der Waals surface area (Å²) in [6, 6.07) is 9.52. The van der Waals surface area contributed by atoms with Crippen LogP contribution in [0.25, 0.3) is 11.0 Å². The zero-order chi connectivity index (χ0) is 22.8. The Morgan fingerprint density at radius 2 is 2.03 bits per heavy atom. The van der Waals surface area contributed by atoms with E-state index in [9.17, 15) is 14.7 Å². The van der Waals surface area contributed by atoms with Crippen molar-refractivity contribution in [2.75, 3.05) is 13.7 Å². The van der Waals surface area contributed by atoms with Crippen LogP contribution in [0.3, 0.4) is 0 Å². The molecule has 2 aromatic carbocycles. The average molecular weight is 477 g/mol. The fourth-order valence-corrected chi connectivity index (χ4v) is 4.43. The standard InChI is InChI=1S/C22H22Cl2N4O4/c1-32-22(31)12-5-6-16-17(9-12)27-19(26-16)10-25-21(30)20-18(29)7-8-28(20)11-13-14(23)3-2-4-15(13)24/h2-6,9,18,20,29H,7-8,10-11H2,1H3,(H,25,30)(H,26,27)/t18-,20-/m0/s1. The number of halogens is 2. The fourth-order valence-electron chi connectivity index (χ4n) is 3.91. The molecule has 1 aromatic heterocycles. The number of hydrogen-bond donors (Lipinski definition) is 3. The number of rotatable bonds is 6. The second-order valence-corrected chi connectivity index (χ2v) is 8.41. The molecule has 1 fully saturated rings. The van der Waals surface area contributed by atoms with Gasteiger partial charge in [-0.3, -0.25) is 9.69 Å². The first-order valence-electron chi connectivity index (χ1n) is 10.1. The highest BCUT2D eigenvalue weighted by Crippen LogP contribution is 2.29. The number of ether oxygens (including phenoxy) is 1. The van der Waals surface area contributed by atoms with Crippen molar-refractivity contribution in [1.29, 1.82) is 0 Å². The van der Waals surface area contributed by atoms with Crippen LogP contribution in [0.1, 0.15) is 28.2 Å². The van der Waals surface area contributed by atoms with Gasteiger partial charge in [0, 0.05) is 28.7 Å². The van der Waals surface area contributed by atoms with Crippen molar-refractivity contribution in [3.63, 3.8) is 0 Å². The zero-order valence-corrected chi connectivity index (χ0v) is 18.8. The van der Waals surface area contributed by atoms with Gasteiger partial charge in [0.15, 0.2) is 0 Å². The number of esters is 1. The van der Waals surface area contributed by atoms with Gasteiger partial charge >= 0.3 is 5.97 Å². The van der Waals surface area contributed by atoms with Crippen molar-refractivity contribution in [3.05, 3.63) is 63.4 Å². The van der Waals surface area contributed by atoms with Gasteiger partial charge in [-0.2, -0.15) is 0 Å². The number of amides is 1. The number of nitrogens with one attached hydrogen (secondary N) is 2. The minimum absolute atomic E-state index is 0.144. The zero-order valence-electron chi connectivity index (χ0n) is 17.3. The quantitative estimate of drug-likeness (QED) is 0.472. The predicted molar refractivity (Wildman–Crippen MR) is 121 cm³/mol. The summed E-state index contributed by atoms with van der Waals surface area (Å²) < 4.78 is 4.73. The highest BCUT2D eigenvalue weighted by Gasteiger charge is 2.38. The summed E-state index contributed by atoms with van der Waals surface area (Å²) in [5.74, 6) is -0.220. The van der Waals surface area contributed by atoms with E-state index < -0.39 is 18.1 Å². The number of carbonyl (C=O) groups is 2. The lowest BCUT2D eigenvalue weighted by Crippen LogP contribution is -2.47. The van der Waals surface area contributed by atoms with Crippen molar-refractivity contribution in [3.8, 4) is 0 Å². The first kappa shape index (κ1) is 22.5. The van der Waals surface area contributed by atoms with Crippen LogP contribution in [0.4, 0.5) is 0 Å². The Labute approximate surface area is 194 Å². The van der Waals surface area contributed by atoms with Gasteiger partial charge in [-0.25, -0.2) is 9.78 Å². The first-order chi connectivity index (χ1) is 15.4. The molecule has 0 unspecified atom stereocenters. The number of aromatic amines is 1. The summed E-state index contributed by atoms with van der Waals surface area (Å²) in [5.41, 5.74) is 2.45. The second kappa shape index (κ2) is 9.46. The fraction of sp³-hybridized carbons (Fsp3) is 0.318. The van der Waals surface area contributed by atoms with Crippen LogP contribution in [0.15, 0.2) is 36.4 Å². The largest absolute Gasteiger partial charge is 0.465 e. The normalized spacial score (nSPS) is 18.8. The van der Waals surface area contributed by atoms with Gasteiger partial charge in [-0.15, -0.1) is 0 Å². The molecule has 1 aliphatic rings. The molecule has 4 rings (SSSR count).